The van der Waals surface area contributed by atoms with Crippen LogP contribution in [0.3, 0.4) is 0 Å². The fraction of sp³-hybridized carbons (Fsp3) is 0.125. The van der Waals surface area contributed by atoms with Crippen molar-refractivity contribution in [3.05, 3.63) is 94.8 Å². The SMILES string of the molecule is CCOc1ccc(-c2n[nH]c(=S)n2N/N=C\c2ccc(OCc3ccccc3)cc2)cc1. The number of nitrogens with one attached hydrogen (secondary N) is 2. The van der Waals surface area contributed by atoms with E-state index in [2.05, 4.69) is 20.8 Å². The van der Waals surface area contributed by atoms with Gasteiger partial charge in [-0.25, -0.2) is 10.6 Å². The normalized spacial score (nSPS) is 10.9. The van der Waals surface area contributed by atoms with Crippen LogP contribution in [-0.2, 0) is 6.61 Å². The number of aromatic nitrogens is 3. The third-order valence-corrected chi connectivity index (χ3v) is 4.87. The Morgan fingerprint density at radius 1 is 0.969 bits per heavy atom. The summed E-state index contributed by atoms with van der Waals surface area (Å²) in [7, 11) is 0. The van der Waals surface area contributed by atoms with E-state index in [9.17, 15) is 0 Å². The summed E-state index contributed by atoms with van der Waals surface area (Å²) in [5.41, 5.74) is 5.86. The summed E-state index contributed by atoms with van der Waals surface area (Å²) in [5.74, 6) is 2.23. The van der Waals surface area contributed by atoms with Gasteiger partial charge in [-0.3, -0.25) is 0 Å². The van der Waals surface area contributed by atoms with E-state index in [1.54, 1.807) is 10.9 Å². The van der Waals surface area contributed by atoms with Crippen LogP contribution in [0, 0.1) is 4.77 Å². The summed E-state index contributed by atoms with van der Waals surface area (Å²) < 4.78 is 13.3. The zero-order valence-corrected chi connectivity index (χ0v) is 18.4. The summed E-state index contributed by atoms with van der Waals surface area (Å²) in [6.07, 6.45) is 1.71. The van der Waals surface area contributed by atoms with Gasteiger partial charge in [-0.1, -0.05) is 30.3 Å². The van der Waals surface area contributed by atoms with Crippen molar-refractivity contribution < 1.29 is 9.47 Å². The molecule has 0 aliphatic carbocycles. The average molecular weight is 446 g/mol. The smallest absolute Gasteiger partial charge is 0.216 e. The Kier molecular flexibility index (Phi) is 6.94. The van der Waals surface area contributed by atoms with E-state index >= 15 is 0 Å². The third-order valence-electron chi connectivity index (χ3n) is 4.60. The van der Waals surface area contributed by atoms with E-state index in [1.807, 2.05) is 85.8 Å². The maximum absolute atomic E-state index is 5.82. The molecular weight excluding hydrogens is 422 g/mol. The largest absolute Gasteiger partial charge is 0.494 e. The summed E-state index contributed by atoms with van der Waals surface area (Å²) in [6.45, 7) is 3.10. The van der Waals surface area contributed by atoms with Gasteiger partial charge in [-0.15, -0.1) is 0 Å². The predicted molar refractivity (Wildman–Crippen MR) is 128 cm³/mol. The molecule has 1 aromatic heterocycles. The van der Waals surface area contributed by atoms with Crippen LogP contribution in [-0.4, -0.2) is 27.7 Å². The van der Waals surface area contributed by atoms with E-state index in [0.717, 1.165) is 28.2 Å². The lowest BCUT2D eigenvalue weighted by molar-refractivity contribution is 0.306. The third kappa shape index (κ3) is 5.41. The van der Waals surface area contributed by atoms with Crippen molar-refractivity contribution in [3.63, 3.8) is 0 Å². The minimum atomic E-state index is 0.413. The summed E-state index contributed by atoms with van der Waals surface area (Å²) in [5, 5.41) is 11.4. The van der Waals surface area contributed by atoms with Gasteiger partial charge in [-0.2, -0.15) is 14.9 Å². The van der Waals surface area contributed by atoms with Gasteiger partial charge in [0.15, 0.2) is 5.82 Å². The molecule has 0 fully saturated rings. The number of hydrazone groups is 1. The molecule has 4 rings (SSSR count). The highest BCUT2D eigenvalue weighted by Gasteiger charge is 2.08. The molecule has 0 aliphatic rings. The van der Waals surface area contributed by atoms with Crippen molar-refractivity contribution >= 4 is 18.4 Å². The van der Waals surface area contributed by atoms with Crippen LogP contribution < -0.4 is 15.0 Å². The molecule has 3 aromatic carbocycles. The van der Waals surface area contributed by atoms with E-state index in [1.165, 1.54) is 0 Å². The Labute approximate surface area is 191 Å². The second kappa shape index (κ2) is 10.4. The molecule has 1 heterocycles. The number of hydrogen-bond donors (Lipinski definition) is 2. The van der Waals surface area contributed by atoms with Crippen LogP contribution in [0.15, 0.2) is 84.0 Å². The van der Waals surface area contributed by atoms with Gasteiger partial charge in [0.1, 0.15) is 18.1 Å². The fourth-order valence-corrected chi connectivity index (χ4v) is 3.18. The lowest BCUT2D eigenvalue weighted by atomic mass is 10.2. The topological polar surface area (TPSA) is 76.5 Å². The summed E-state index contributed by atoms with van der Waals surface area (Å²) in [4.78, 5) is 0. The second-order valence-corrected chi connectivity index (χ2v) is 7.23. The van der Waals surface area contributed by atoms with Gasteiger partial charge >= 0.3 is 0 Å². The van der Waals surface area contributed by atoms with Crippen LogP contribution in [0.4, 0.5) is 0 Å². The zero-order chi connectivity index (χ0) is 22.2. The highest BCUT2D eigenvalue weighted by Crippen LogP contribution is 2.20. The number of H-pyrrole nitrogens is 1. The molecule has 0 aliphatic heterocycles. The Balaban J connectivity index is 1.39. The van der Waals surface area contributed by atoms with Crippen LogP contribution >= 0.6 is 12.2 Å². The predicted octanol–water partition coefficient (Wildman–Crippen LogP) is 5.16. The summed E-state index contributed by atoms with van der Waals surface area (Å²) >= 11 is 5.32. The quantitative estimate of drug-likeness (QED) is 0.211. The minimum Gasteiger partial charge on any atom is -0.494 e. The Bertz CT molecular complexity index is 1220. The Morgan fingerprint density at radius 3 is 2.38 bits per heavy atom. The molecule has 0 saturated heterocycles. The number of benzene rings is 3. The highest BCUT2D eigenvalue weighted by molar-refractivity contribution is 7.71. The molecule has 0 saturated carbocycles. The second-order valence-electron chi connectivity index (χ2n) is 6.85. The fourth-order valence-electron chi connectivity index (χ4n) is 3.00. The van der Waals surface area contributed by atoms with Crippen molar-refractivity contribution in [2.45, 2.75) is 13.5 Å². The maximum Gasteiger partial charge on any atom is 0.216 e. The molecule has 32 heavy (non-hydrogen) atoms. The molecule has 0 spiro atoms. The lowest BCUT2D eigenvalue weighted by Crippen LogP contribution is -2.10. The molecule has 4 aromatic rings. The molecule has 2 N–H and O–H groups in total. The first-order chi connectivity index (χ1) is 15.7. The molecule has 0 unspecified atom stereocenters. The Hall–Kier alpha value is -3.91. The van der Waals surface area contributed by atoms with Gasteiger partial charge in [0.2, 0.25) is 4.77 Å². The number of rotatable bonds is 9. The first-order valence-corrected chi connectivity index (χ1v) is 10.6. The molecule has 0 amide bonds. The molecule has 8 heteroatoms. The first kappa shape index (κ1) is 21.3. The van der Waals surface area contributed by atoms with Gasteiger partial charge in [0.25, 0.3) is 0 Å². The zero-order valence-electron chi connectivity index (χ0n) is 17.6. The maximum atomic E-state index is 5.82. The number of nitrogens with zero attached hydrogens (tertiary/aromatic N) is 3. The van der Waals surface area contributed by atoms with Crippen molar-refractivity contribution in [1.29, 1.82) is 0 Å². The number of ether oxygens (including phenoxy) is 2. The molecule has 7 nitrogen and oxygen atoms in total. The van der Waals surface area contributed by atoms with Gasteiger partial charge in [-0.05, 0) is 78.8 Å². The highest BCUT2D eigenvalue weighted by atomic mass is 32.1. The van der Waals surface area contributed by atoms with Crippen molar-refractivity contribution in [2.75, 3.05) is 12.1 Å². The van der Waals surface area contributed by atoms with Gasteiger partial charge < -0.3 is 9.47 Å². The average Bonchev–Trinajstić information content (AvgIpc) is 3.20. The molecule has 0 atom stereocenters. The van der Waals surface area contributed by atoms with E-state index in [4.69, 9.17) is 21.7 Å². The lowest BCUT2D eigenvalue weighted by Gasteiger charge is -2.07. The molecule has 0 bridgehead atoms. The van der Waals surface area contributed by atoms with Crippen molar-refractivity contribution in [2.24, 2.45) is 5.10 Å². The Morgan fingerprint density at radius 2 is 1.66 bits per heavy atom. The van der Waals surface area contributed by atoms with E-state index in [-0.39, 0.29) is 0 Å². The van der Waals surface area contributed by atoms with Crippen LogP contribution in [0.25, 0.3) is 11.4 Å². The standard InChI is InChI=1S/C24H23N5O2S/c1-2-30-21-14-10-20(11-15-21)23-26-27-24(32)29(23)28-25-16-18-8-12-22(13-9-18)31-17-19-6-4-3-5-7-19/h3-16,28H,2,17H2,1H3,(H,27,32)/b25-16-. The van der Waals surface area contributed by atoms with E-state index in [0.29, 0.717) is 23.8 Å². The number of hydrogen-bond acceptors (Lipinski definition) is 6. The molecule has 0 radical (unpaired) electrons. The molecule has 162 valence electrons. The monoisotopic (exact) mass is 445 g/mol. The minimum absolute atomic E-state index is 0.413. The van der Waals surface area contributed by atoms with Gasteiger partial charge in [0, 0.05) is 5.56 Å². The van der Waals surface area contributed by atoms with Crippen LogP contribution in [0.5, 0.6) is 11.5 Å². The van der Waals surface area contributed by atoms with E-state index < -0.39 is 0 Å². The van der Waals surface area contributed by atoms with Crippen LogP contribution in [0.2, 0.25) is 0 Å². The van der Waals surface area contributed by atoms with Crippen molar-refractivity contribution in [3.8, 4) is 22.9 Å². The van der Waals surface area contributed by atoms with Crippen molar-refractivity contribution in [1.82, 2.24) is 14.9 Å². The first-order valence-electron chi connectivity index (χ1n) is 10.2. The van der Waals surface area contributed by atoms with Crippen LogP contribution in [0.1, 0.15) is 18.1 Å². The molecular formula is C24H23N5O2S. The summed E-state index contributed by atoms with van der Waals surface area (Å²) in [6, 6.07) is 25.4. The van der Waals surface area contributed by atoms with Gasteiger partial charge in [0.05, 0.1) is 12.8 Å². The number of aromatic amines is 1.